The Morgan fingerprint density at radius 3 is 2.43 bits per heavy atom. The maximum absolute atomic E-state index is 13.0. The lowest BCUT2D eigenvalue weighted by Crippen LogP contribution is -2.26. The van der Waals surface area contributed by atoms with E-state index < -0.39 is 5.25 Å². The Labute approximate surface area is 172 Å². The van der Waals surface area contributed by atoms with Crippen LogP contribution in [0.1, 0.15) is 37.2 Å². The fraction of sp³-hybridized carbons (Fsp3) is 0.286. The summed E-state index contributed by atoms with van der Waals surface area (Å²) in [6.07, 6.45) is 0. The molecule has 0 spiro atoms. The molecule has 0 bridgehead atoms. The number of carbonyl (C=O) groups is 1. The van der Waals surface area contributed by atoms with E-state index in [0.29, 0.717) is 32.4 Å². The number of Topliss-reactive ketones (excluding diaryl/α,β-unsaturated/α-hetero) is 1. The summed E-state index contributed by atoms with van der Waals surface area (Å²) in [6.45, 7) is 5.66. The van der Waals surface area contributed by atoms with Crippen molar-refractivity contribution in [1.29, 1.82) is 0 Å². The van der Waals surface area contributed by atoms with E-state index in [1.54, 1.807) is 54.1 Å². The summed E-state index contributed by atoms with van der Waals surface area (Å²) in [5.74, 6) is 0.655. The zero-order valence-corrected chi connectivity index (χ0v) is 17.7. The Kier molecular flexibility index (Phi) is 6.10. The van der Waals surface area contributed by atoms with Crippen molar-refractivity contribution in [3.05, 3.63) is 63.4 Å². The van der Waals surface area contributed by atoms with Crippen LogP contribution in [0.2, 0.25) is 5.02 Å². The van der Waals surface area contributed by atoms with Crippen molar-refractivity contribution in [3.8, 4) is 5.75 Å². The van der Waals surface area contributed by atoms with Gasteiger partial charge in [-0.3, -0.25) is 14.2 Å². The van der Waals surface area contributed by atoms with E-state index in [9.17, 15) is 9.59 Å². The third-order valence-corrected chi connectivity index (χ3v) is 5.68. The lowest BCUT2D eigenvalue weighted by Gasteiger charge is -2.18. The normalized spacial score (nSPS) is 12.4. The highest BCUT2D eigenvalue weighted by atomic mass is 35.5. The number of ether oxygens (including phenoxy) is 1. The van der Waals surface area contributed by atoms with Crippen molar-refractivity contribution in [2.45, 2.75) is 37.2 Å². The molecule has 1 atom stereocenters. The molecule has 3 aromatic rings. The molecule has 0 unspecified atom stereocenters. The van der Waals surface area contributed by atoms with Gasteiger partial charge < -0.3 is 4.74 Å². The first-order valence-electron chi connectivity index (χ1n) is 8.88. The number of methoxy groups -OCH3 is 1. The summed E-state index contributed by atoms with van der Waals surface area (Å²) in [5.41, 5.74) is 0.979. The van der Waals surface area contributed by atoms with Gasteiger partial charge in [-0.1, -0.05) is 23.4 Å². The summed E-state index contributed by atoms with van der Waals surface area (Å²) in [7, 11) is 1.58. The van der Waals surface area contributed by atoms with Crippen LogP contribution in [-0.2, 0) is 0 Å². The first-order valence-corrected chi connectivity index (χ1v) is 10.1. The number of nitrogens with zero attached hydrogens (tertiary/aromatic N) is 2. The summed E-state index contributed by atoms with van der Waals surface area (Å²) in [5, 5.41) is 1.11. The van der Waals surface area contributed by atoms with Gasteiger partial charge in [-0.2, -0.15) is 0 Å². The highest BCUT2D eigenvalue weighted by molar-refractivity contribution is 8.00. The van der Waals surface area contributed by atoms with Crippen LogP contribution in [-0.4, -0.2) is 27.7 Å². The number of thioether (sulfide) groups is 1. The Hall–Kier alpha value is -2.31. The average molecular weight is 417 g/mol. The van der Waals surface area contributed by atoms with Gasteiger partial charge in [0, 0.05) is 16.6 Å². The van der Waals surface area contributed by atoms with Gasteiger partial charge in [0.05, 0.1) is 23.3 Å². The van der Waals surface area contributed by atoms with E-state index in [1.165, 1.54) is 11.8 Å². The lowest BCUT2D eigenvalue weighted by molar-refractivity contribution is 0.0993. The quantitative estimate of drug-likeness (QED) is 0.321. The molecule has 0 aliphatic carbocycles. The maximum Gasteiger partial charge on any atom is 0.262 e. The molecule has 0 amide bonds. The second-order valence-electron chi connectivity index (χ2n) is 6.68. The molecule has 0 N–H and O–H groups in total. The first kappa shape index (κ1) is 20.4. The molecule has 0 aliphatic heterocycles. The highest BCUT2D eigenvalue weighted by Crippen LogP contribution is 2.28. The Balaban J connectivity index is 1.98. The number of hydrogen-bond donors (Lipinski definition) is 0. The number of carbonyl (C=O) groups excluding carboxylic acids is 1. The molecule has 0 saturated heterocycles. The zero-order valence-electron chi connectivity index (χ0n) is 16.1. The third kappa shape index (κ3) is 4.08. The minimum Gasteiger partial charge on any atom is -0.497 e. The second-order valence-corrected chi connectivity index (χ2v) is 8.42. The molecule has 2 aromatic carbocycles. The van der Waals surface area contributed by atoms with E-state index in [1.807, 2.05) is 20.8 Å². The second kappa shape index (κ2) is 8.37. The van der Waals surface area contributed by atoms with Crippen molar-refractivity contribution in [2.75, 3.05) is 7.11 Å². The van der Waals surface area contributed by atoms with Gasteiger partial charge in [0.25, 0.3) is 5.56 Å². The van der Waals surface area contributed by atoms with Crippen LogP contribution in [0.25, 0.3) is 10.9 Å². The molecule has 0 aliphatic rings. The van der Waals surface area contributed by atoms with Crippen LogP contribution in [0, 0.1) is 0 Å². The van der Waals surface area contributed by atoms with Crippen LogP contribution in [0.15, 0.2) is 52.4 Å². The fourth-order valence-corrected chi connectivity index (χ4v) is 4.18. The van der Waals surface area contributed by atoms with Crippen molar-refractivity contribution >= 4 is 40.0 Å². The number of benzene rings is 2. The Morgan fingerprint density at radius 2 is 1.82 bits per heavy atom. The van der Waals surface area contributed by atoms with Crippen molar-refractivity contribution in [1.82, 2.24) is 9.55 Å². The molecule has 3 rings (SSSR count). The van der Waals surface area contributed by atoms with Gasteiger partial charge in [-0.05, 0) is 63.2 Å². The zero-order chi connectivity index (χ0) is 20.4. The van der Waals surface area contributed by atoms with E-state index in [4.69, 9.17) is 16.3 Å². The molecule has 1 heterocycles. The molecular formula is C21H21ClN2O3S. The Morgan fingerprint density at radius 1 is 1.14 bits per heavy atom. The largest absolute Gasteiger partial charge is 0.497 e. The van der Waals surface area contributed by atoms with Crippen LogP contribution in [0.4, 0.5) is 0 Å². The lowest BCUT2D eigenvalue weighted by atomic mass is 10.1. The number of rotatable bonds is 6. The van der Waals surface area contributed by atoms with Gasteiger partial charge >= 0.3 is 0 Å². The Bertz CT molecular complexity index is 1080. The maximum atomic E-state index is 13.0. The smallest absolute Gasteiger partial charge is 0.262 e. The van der Waals surface area contributed by atoms with E-state index in [2.05, 4.69) is 4.98 Å². The van der Waals surface area contributed by atoms with Gasteiger partial charge in [0.1, 0.15) is 5.75 Å². The summed E-state index contributed by atoms with van der Waals surface area (Å²) in [4.78, 5) is 30.4. The average Bonchev–Trinajstić information content (AvgIpc) is 2.66. The predicted molar refractivity (Wildman–Crippen MR) is 114 cm³/mol. The molecule has 28 heavy (non-hydrogen) atoms. The van der Waals surface area contributed by atoms with E-state index in [0.717, 1.165) is 0 Å². The standard InChI is InChI=1S/C21H21ClN2O3S/c1-12(2)24-20(26)17-10-7-15(22)11-18(17)23-21(24)28-13(3)19(25)14-5-8-16(27-4)9-6-14/h5-13H,1-4H3/t13-/m0/s1. The third-order valence-electron chi connectivity index (χ3n) is 4.37. The van der Waals surface area contributed by atoms with Crippen LogP contribution >= 0.6 is 23.4 Å². The summed E-state index contributed by atoms with van der Waals surface area (Å²) in [6, 6.07) is 11.9. The minimum atomic E-state index is -0.415. The molecule has 7 heteroatoms. The van der Waals surface area contributed by atoms with Gasteiger partial charge in [-0.25, -0.2) is 4.98 Å². The predicted octanol–water partition coefficient (Wildman–Crippen LogP) is 5.00. The van der Waals surface area contributed by atoms with E-state index in [-0.39, 0.29) is 17.4 Å². The van der Waals surface area contributed by atoms with Crippen molar-refractivity contribution in [2.24, 2.45) is 0 Å². The monoisotopic (exact) mass is 416 g/mol. The van der Waals surface area contributed by atoms with Crippen LogP contribution in [0.5, 0.6) is 5.75 Å². The molecule has 146 valence electrons. The molecular weight excluding hydrogens is 396 g/mol. The number of ketones is 1. The van der Waals surface area contributed by atoms with Gasteiger partial charge in [0.2, 0.25) is 0 Å². The molecule has 0 fully saturated rings. The number of halogens is 1. The molecule has 5 nitrogen and oxygen atoms in total. The van der Waals surface area contributed by atoms with Gasteiger partial charge in [0.15, 0.2) is 10.9 Å². The fourth-order valence-electron chi connectivity index (χ4n) is 2.89. The van der Waals surface area contributed by atoms with Crippen molar-refractivity contribution < 1.29 is 9.53 Å². The first-order chi connectivity index (χ1) is 13.3. The molecule has 0 saturated carbocycles. The van der Waals surface area contributed by atoms with Crippen molar-refractivity contribution in [3.63, 3.8) is 0 Å². The van der Waals surface area contributed by atoms with Gasteiger partial charge in [-0.15, -0.1) is 0 Å². The SMILES string of the molecule is COc1ccc(C(=O)[C@H](C)Sc2nc3cc(Cl)ccc3c(=O)n2C(C)C)cc1. The number of fused-ring (bicyclic) bond motifs is 1. The van der Waals surface area contributed by atoms with Crippen LogP contribution in [0.3, 0.4) is 0 Å². The number of hydrogen-bond acceptors (Lipinski definition) is 5. The van der Waals surface area contributed by atoms with Crippen LogP contribution < -0.4 is 10.3 Å². The number of aromatic nitrogens is 2. The van der Waals surface area contributed by atoms with E-state index >= 15 is 0 Å². The molecule has 0 radical (unpaired) electrons. The topological polar surface area (TPSA) is 61.2 Å². The minimum absolute atomic E-state index is 0.0385. The highest BCUT2D eigenvalue weighted by Gasteiger charge is 2.21. The molecule has 1 aromatic heterocycles. The summed E-state index contributed by atoms with van der Waals surface area (Å²) >= 11 is 7.34. The summed E-state index contributed by atoms with van der Waals surface area (Å²) < 4.78 is 6.76.